The fourth-order valence-corrected chi connectivity index (χ4v) is 3.62. The Bertz CT molecular complexity index is 794. The molecule has 2 aromatic rings. The molecule has 0 fully saturated rings. The van der Waals surface area contributed by atoms with Crippen LogP contribution in [-0.4, -0.2) is 15.5 Å². The predicted molar refractivity (Wildman–Crippen MR) is 102 cm³/mol. The molecule has 0 aliphatic rings. The summed E-state index contributed by atoms with van der Waals surface area (Å²) in [5.41, 5.74) is 1.17. The quantitative estimate of drug-likeness (QED) is 0.710. The van der Waals surface area contributed by atoms with Gasteiger partial charge < -0.3 is 4.74 Å². The molecule has 23 heavy (non-hydrogen) atoms. The molecule has 0 bridgehead atoms. The lowest BCUT2D eigenvalue weighted by molar-refractivity contribution is 0.397. The molecular formula is C17H20INO3S. The van der Waals surface area contributed by atoms with E-state index in [0.717, 1.165) is 9.13 Å². The molecule has 2 rings (SSSR count). The van der Waals surface area contributed by atoms with Gasteiger partial charge in [-0.25, -0.2) is 8.42 Å². The topological polar surface area (TPSA) is 55.4 Å². The average Bonchev–Trinajstić information content (AvgIpc) is 2.48. The summed E-state index contributed by atoms with van der Waals surface area (Å²) < 4.78 is 34.2. The third kappa shape index (κ3) is 4.38. The van der Waals surface area contributed by atoms with Crippen LogP contribution in [0, 0.1) is 3.57 Å². The number of methoxy groups -OCH3 is 1. The van der Waals surface area contributed by atoms with Crippen molar-refractivity contribution in [2.45, 2.75) is 31.1 Å². The number of rotatable bonds is 4. The van der Waals surface area contributed by atoms with Crippen molar-refractivity contribution < 1.29 is 13.2 Å². The summed E-state index contributed by atoms with van der Waals surface area (Å²) in [5.74, 6) is 0.686. The lowest BCUT2D eigenvalue weighted by Gasteiger charge is -2.23. The molecule has 6 heteroatoms. The summed E-state index contributed by atoms with van der Waals surface area (Å²) in [5, 5.41) is 0. The van der Waals surface area contributed by atoms with Crippen molar-refractivity contribution in [3.8, 4) is 5.75 Å². The molecule has 0 heterocycles. The Balaban J connectivity index is 2.42. The predicted octanol–water partition coefficient (Wildman–Crippen LogP) is 4.40. The maximum absolute atomic E-state index is 12.6. The minimum absolute atomic E-state index is 0.222. The highest BCUT2D eigenvalue weighted by molar-refractivity contribution is 14.1. The van der Waals surface area contributed by atoms with Gasteiger partial charge in [-0.15, -0.1) is 0 Å². The van der Waals surface area contributed by atoms with E-state index in [1.165, 1.54) is 0 Å². The van der Waals surface area contributed by atoms with E-state index in [4.69, 9.17) is 4.74 Å². The SMILES string of the molecule is COc1ccc(S(=O)(=O)Nc2ccc(I)cc2)cc1C(C)(C)C. The Morgan fingerprint density at radius 3 is 2.17 bits per heavy atom. The van der Waals surface area contributed by atoms with Crippen LogP contribution in [0.3, 0.4) is 0 Å². The zero-order valence-electron chi connectivity index (χ0n) is 13.6. The molecule has 0 atom stereocenters. The third-order valence-corrected chi connectivity index (χ3v) is 5.48. The van der Waals surface area contributed by atoms with Crippen LogP contribution < -0.4 is 9.46 Å². The standard InChI is InChI=1S/C17H20INO3S/c1-17(2,3)15-11-14(9-10-16(15)22-4)23(20,21)19-13-7-5-12(18)6-8-13/h5-11,19H,1-4H3. The van der Waals surface area contributed by atoms with Gasteiger partial charge in [-0.05, 0) is 70.5 Å². The summed E-state index contributed by atoms with van der Waals surface area (Å²) in [6, 6.07) is 12.1. The molecule has 124 valence electrons. The fraction of sp³-hybridized carbons (Fsp3) is 0.294. The van der Waals surface area contributed by atoms with Crippen molar-refractivity contribution in [3.05, 3.63) is 51.6 Å². The second-order valence-electron chi connectivity index (χ2n) is 6.22. The van der Waals surface area contributed by atoms with E-state index in [2.05, 4.69) is 27.3 Å². The van der Waals surface area contributed by atoms with Crippen molar-refractivity contribution in [1.82, 2.24) is 0 Å². The molecule has 0 saturated carbocycles. The van der Waals surface area contributed by atoms with Gasteiger partial charge >= 0.3 is 0 Å². The first-order chi connectivity index (χ1) is 10.6. The molecule has 0 radical (unpaired) electrons. The Morgan fingerprint density at radius 2 is 1.65 bits per heavy atom. The van der Waals surface area contributed by atoms with E-state index >= 15 is 0 Å². The highest BCUT2D eigenvalue weighted by atomic mass is 127. The summed E-state index contributed by atoms with van der Waals surface area (Å²) in [6.07, 6.45) is 0. The van der Waals surface area contributed by atoms with Crippen LogP contribution in [0.25, 0.3) is 0 Å². The minimum Gasteiger partial charge on any atom is -0.496 e. The van der Waals surface area contributed by atoms with Crippen LogP contribution in [0.1, 0.15) is 26.3 Å². The van der Waals surface area contributed by atoms with Crippen molar-refractivity contribution in [3.63, 3.8) is 0 Å². The maximum atomic E-state index is 12.6. The Hall–Kier alpha value is -1.28. The number of sulfonamides is 1. The normalized spacial score (nSPS) is 12.0. The molecule has 0 aliphatic carbocycles. The Labute approximate surface area is 151 Å². The van der Waals surface area contributed by atoms with Gasteiger partial charge in [0.25, 0.3) is 10.0 Å². The van der Waals surface area contributed by atoms with E-state index in [1.54, 1.807) is 37.4 Å². The van der Waals surface area contributed by atoms with Crippen molar-refractivity contribution in [2.24, 2.45) is 0 Å². The summed E-state index contributed by atoms with van der Waals surface area (Å²) in [6.45, 7) is 6.06. The Kier molecular flexibility index (Phi) is 5.25. The first-order valence-electron chi connectivity index (χ1n) is 7.10. The van der Waals surface area contributed by atoms with Crippen molar-refractivity contribution >= 4 is 38.3 Å². The smallest absolute Gasteiger partial charge is 0.261 e. The molecular weight excluding hydrogens is 425 g/mol. The fourth-order valence-electron chi connectivity index (χ4n) is 2.17. The zero-order valence-corrected chi connectivity index (χ0v) is 16.5. The second-order valence-corrected chi connectivity index (χ2v) is 9.15. The number of nitrogens with one attached hydrogen (secondary N) is 1. The zero-order chi connectivity index (χ0) is 17.3. The van der Waals surface area contributed by atoms with Crippen molar-refractivity contribution in [1.29, 1.82) is 0 Å². The van der Waals surface area contributed by atoms with E-state index in [9.17, 15) is 8.42 Å². The summed E-state index contributed by atoms with van der Waals surface area (Å²) >= 11 is 2.17. The van der Waals surface area contributed by atoms with Crippen LogP contribution in [0.15, 0.2) is 47.4 Å². The Morgan fingerprint density at radius 1 is 1.04 bits per heavy atom. The molecule has 2 aromatic carbocycles. The molecule has 0 saturated heterocycles. The van der Waals surface area contributed by atoms with Gasteiger partial charge in [-0.3, -0.25) is 4.72 Å². The van der Waals surface area contributed by atoms with E-state index in [1.807, 2.05) is 32.9 Å². The van der Waals surface area contributed by atoms with Crippen LogP contribution >= 0.6 is 22.6 Å². The maximum Gasteiger partial charge on any atom is 0.261 e. The first kappa shape index (κ1) is 18.1. The van der Waals surface area contributed by atoms with E-state index < -0.39 is 10.0 Å². The molecule has 0 aliphatic heterocycles. The number of anilines is 1. The van der Waals surface area contributed by atoms with Crippen LogP contribution in [0.4, 0.5) is 5.69 Å². The highest BCUT2D eigenvalue weighted by Crippen LogP contribution is 2.33. The number of hydrogen-bond donors (Lipinski definition) is 1. The van der Waals surface area contributed by atoms with Gasteiger partial charge in [-0.2, -0.15) is 0 Å². The van der Waals surface area contributed by atoms with Gasteiger partial charge in [0.05, 0.1) is 12.0 Å². The number of halogens is 1. The van der Waals surface area contributed by atoms with E-state index in [-0.39, 0.29) is 10.3 Å². The average molecular weight is 445 g/mol. The molecule has 0 amide bonds. The highest BCUT2D eigenvalue weighted by Gasteiger charge is 2.23. The van der Waals surface area contributed by atoms with Crippen LogP contribution in [0.5, 0.6) is 5.75 Å². The van der Waals surface area contributed by atoms with Crippen LogP contribution in [0.2, 0.25) is 0 Å². The molecule has 0 aromatic heterocycles. The van der Waals surface area contributed by atoms with Crippen LogP contribution in [-0.2, 0) is 15.4 Å². The summed E-state index contributed by atoms with van der Waals surface area (Å²) in [4.78, 5) is 0.224. The van der Waals surface area contributed by atoms with Gasteiger partial charge in [-0.1, -0.05) is 20.8 Å². The third-order valence-electron chi connectivity index (χ3n) is 3.39. The second kappa shape index (κ2) is 6.68. The monoisotopic (exact) mass is 445 g/mol. The lowest BCUT2D eigenvalue weighted by atomic mass is 9.86. The molecule has 0 spiro atoms. The van der Waals surface area contributed by atoms with Gasteiger partial charge in [0, 0.05) is 14.8 Å². The van der Waals surface area contributed by atoms with Gasteiger partial charge in [0.1, 0.15) is 5.75 Å². The van der Waals surface area contributed by atoms with Gasteiger partial charge in [0.2, 0.25) is 0 Å². The number of benzene rings is 2. The first-order valence-corrected chi connectivity index (χ1v) is 9.66. The molecule has 1 N–H and O–H groups in total. The summed E-state index contributed by atoms with van der Waals surface area (Å²) in [7, 11) is -2.06. The number of hydrogen-bond acceptors (Lipinski definition) is 3. The molecule has 4 nitrogen and oxygen atoms in total. The minimum atomic E-state index is -3.64. The van der Waals surface area contributed by atoms with Gasteiger partial charge in [0.15, 0.2) is 0 Å². The largest absolute Gasteiger partial charge is 0.496 e. The van der Waals surface area contributed by atoms with E-state index in [0.29, 0.717) is 11.4 Å². The number of ether oxygens (including phenoxy) is 1. The van der Waals surface area contributed by atoms with Crippen molar-refractivity contribution in [2.75, 3.05) is 11.8 Å². The lowest BCUT2D eigenvalue weighted by Crippen LogP contribution is -2.17. The molecule has 0 unspecified atom stereocenters.